The minimum absolute atomic E-state index is 0.0582. The van der Waals surface area contributed by atoms with Crippen LogP contribution in [0, 0.1) is 12.8 Å². The van der Waals surface area contributed by atoms with Gasteiger partial charge in [0.1, 0.15) is 9.71 Å². The number of carbonyl (C=O) groups excluding carboxylic acids is 1. The van der Waals surface area contributed by atoms with Crippen LogP contribution in [0.2, 0.25) is 0 Å². The van der Waals surface area contributed by atoms with E-state index in [1.807, 2.05) is 17.0 Å². The number of aryl methyl sites for hydroxylation is 1. The average Bonchev–Trinajstić information content (AvgIpc) is 2.89. The van der Waals surface area contributed by atoms with E-state index in [1.54, 1.807) is 0 Å². The smallest absolute Gasteiger partial charge is 0.266 e. The Bertz CT molecular complexity index is 947. The number of fused-ring (bicyclic) bond motifs is 2. The van der Waals surface area contributed by atoms with Crippen molar-refractivity contribution < 1.29 is 4.79 Å². The van der Waals surface area contributed by atoms with Gasteiger partial charge in [-0.25, -0.2) is 4.98 Å². The summed E-state index contributed by atoms with van der Waals surface area (Å²) < 4.78 is 0. The van der Waals surface area contributed by atoms with Crippen LogP contribution in [0.15, 0.2) is 24.3 Å². The summed E-state index contributed by atoms with van der Waals surface area (Å²) in [4.78, 5) is 21.1. The number of hydrogen-bond acceptors (Lipinski definition) is 4. The molecule has 2 N–H and O–H groups in total. The van der Waals surface area contributed by atoms with E-state index in [9.17, 15) is 4.79 Å². The molecule has 0 saturated carbocycles. The molecule has 1 fully saturated rings. The number of rotatable bonds is 1. The summed E-state index contributed by atoms with van der Waals surface area (Å²) in [6.45, 7) is 5.90. The third kappa shape index (κ3) is 2.44. The Morgan fingerprint density at radius 3 is 3.04 bits per heavy atom. The molecule has 0 bridgehead atoms. The Labute approximate surface area is 145 Å². The number of benzene rings is 1. The summed E-state index contributed by atoms with van der Waals surface area (Å²) in [6.07, 6.45) is 2.26. The molecule has 3 aromatic rings. The second kappa shape index (κ2) is 5.74. The van der Waals surface area contributed by atoms with Gasteiger partial charge < -0.3 is 10.6 Å². The Hall–Kier alpha value is -2.14. The fraction of sp³-hybridized carbons (Fsp3) is 0.368. The molecule has 0 aliphatic carbocycles. The van der Waals surface area contributed by atoms with Crippen molar-refractivity contribution in [3.05, 3.63) is 34.7 Å². The van der Waals surface area contributed by atoms with Gasteiger partial charge in [-0.05, 0) is 37.3 Å². The Morgan fingerprint density at radius 1 is 1.42 bits per heavy atom. The number of hydrogen-bond donors (Lipinski definition) is 1. The van der Waals surface area contributed by atoms with E-state index < -0.39 is 0 Å². The van der Waals surface area contributed by atoms with Gasteiger partial charge in [0.15, 0.2) is 0 Å². The first-order valence-electron chi connectivity index (χ1n) is 8.42. The number of pyridine rings is 1. The molecule has 1 aliphatic heterocycles. The van der Waals surface area contributed by atoms with Crippen LogP contribution in [0.25, 0.3) is 21.1 Å². The summed E-state index contributed by atoms with van der Waals surface area (Å²) in [6, 6.07) is 8.18. The average molecular weight is 339 g/mol. The van der Waals surface area contributed by atoms with E-state index in [0.717, 1.165) is 46.2 Å². The fourth-order valence-electron chi connectivity index (χ4n) is 3.55. The maximum absolute atomic E-state index is 12.9. The van der Waals surface area contributed by atoms with Gasteiger partial charge >= 0.3 is 0 Å². The van der Waals surface area contributed by atoms with Gasteiger partial charge in [0.25, 0.3) is 5.91 Å². The van der Waals surface area contributed by atoms with Crippen molar-refractivity contribution in [2.75, 3.05) is 18.8 Å². The number of carbonyl (C=O) groups is 1. The van der Waals surface area contributed by atoms with Crippen molar-refractivity contribution in [1.82, 2.24) is 9.88 Å². The van der Waals surface area contributed by atoms with Crippen LogP contribution < -0.4 is 5.73 Å². The largest absolute Gasteiger partial charge is 0.397 e. The number of nitrogens with two attached hydrogens (primary N) is 1. The zero-order chi connectivity index (χ0) is 16.8. The van der Waals surface area contributed by atoms with Gasteiger partial charge in [-0.1, -0.05) is 25.1 Å². The normalized spacial score (nSPS) is 18.4. The topological polar surface area (TPSA) is 59.2 Å². The van der Waals surface area contributed by atoms with E-state index in [1.165, 1.54) is 17.8 Å². The highest BCUT2D eigenvalue weighted by Gasteiger charge is 2.26. The number of piperidine rings is 1. The lowest BCUT2D eigenvalue weighted by molar-refractivity contribution is 0.0689. The summed E-state index contributed by atoms with van der Waals surface area (Å²) in [7, 11) is 0. The van der Waals surface area contributed by atoms with Crippen LogP contribution in [0.5, 0.6) is 0 Å². The molecule has 1 atom stereocenters. The van der Waals surface area contributed by atoms with Crippen molar-refractivity contribution in [2.45, 2.75) is 26.7 Å². The number of para-hydroxylation sites is 1. The maximum atomic E-state index is 12.9. The van der Waals surface area contributed by atoms with Gasteiger partial charge in [0, 0.05) is 23.9 Å². The lowest BCUT2D eigenvalue weighted by atomic mass is 10.00. The predicted octanol–water partition coefficient (Wildman–Crippen LogP) is 4.21. The monoisotopic (exact) mass is 339 g/mol. The summed E-state index contributed by atoms with van der Waals surface area (Å²) >= 11 is 1.42. The molecule has 2 aromatic heterocycles. The van der Waals surface area contributed by atoms with Crippen molar-refractivity contribution in [3.8, 4) is 0 Å². The van der Waals surface area contributed by atoms with Crippen LogP contribution in [0.1, 0.15) is 35.0 Å². The molecule has 1 aliphatic rings. The van der Waals surface area contributed by atoms with Crippen molar-refractivity contribution in [3.63, 3.8) is 0 Å². The van der Waals surface area contributed by atoms with Crippen LogP contribution in [-0.4, -0.2) is 28.9 Å². The highest BCUT2D eigenvalue weighted by molar-refractivity contribution is 7.21. The predicted molar refractivity (Wildman–Crippen MR) is 101 cm³/mol. The first-order valence-corrected chi connectivity index (χ1v) is 9.24. The minimum Gasteiger partial charge on any atom is -0.397 e. The molecule has 0 radical (unpaired) electrons. The standard InChI is InChI=1S/C19H21N3OS/c1-11-5-4-8-22(10-11)19(23)17-15(20)14-9-13-7-3-6-12(2)16(13)21-18(14)24-17/h3,6-7,9,11H,4-5,8,10,20H2,1-2H3. The van der Waals surface area contributed by atoms with E-state index >= 15 is 0 Å². The fourth-order valence-corrected chi connectivity index (χ4v) is 4.60. The third-order valence-corrected chi connectivity index (χ3v) is 5.99. The molecule has 4 nitrogen and oxygen atoms in total. The number of anilines is 1. The zero-order valence-corrected chi connectivity index (χ0v) is 14.8. The van der Waals surface area contributed by atoms with Gasteiger partial charge in [-0.15, -0.1) is 11.3 Å². The minimum atomic E-state index is 0.0582. The molecule has 0 spiro atoms. The molecule has 5 heteroatoms. The van der Waals surface area contributed by atoms with Crippen molar-refractivity contribution >= 4 is 44.1 Å². The summed E-state index contributed by atoms with van der Waals surface area (Å²) in [5.41, 5.74) is 9.03. The molecule has 3 heterocycles. The first kappa shape index (κ1) is 15.4. The van der Waals surface area contributed by atoms with Gasteiger partial charge in [0.2, 0.25) is 0 Å². The number of aromatic nitrogens is 1. The van der Waals surface area contributed by atoms with Crippen LogP contribution >= 0.6 is 11.3 Å². The molecule has 1 amide bonds. The number of nitrogens with zero attached hydrogens (tertiary/aromatic N) is 2. The highest BCUT2D eigenvalue weighted by atomic mass is 32.1. The molecule has 124 valence electrons. The summed E-state index contributed by atoms with van der Waals surface area (Å²) in [5.74, 6) is 0.615. The van der Waals surface area contributed by atoms with Crippen LogP contribution in [0.3, 0.4) is 0 Å². The van der Waals surface area contributed by atoms with Crippen molar-refractivity contribution in [2.24, 2.45) is 5.92 Å². The third-order valence-electron chi connectivity index (χ3n) is 4.88. The Balaban J connectivity index is 1.81. The first-order chi connectivity index (χ1) is 11.5. The van der Waals surface area contributed by atoms with Gasteiger partial charge in [-0.2, -0.15) is 0 Å². The van der Waals surface area contributed by atoms with E-state index in [0.29, 0.717) is 16.5 Å². The van der Waals surface area contributed by atoms with Gasteiger partial charge in [-0.3, -0.25) is 4.79 Å². The second-order valence-corrected chi connectivity index (χ2v) is 7.83. The van der Waals surface area contributed by atoms with Gasteiger partial charge in [0.05, 0.1) is 11.2 Å². The quantitative estimate of drug-likeness (QED) is 0.722. The molecular weight excluding hydrogens is 318 g/mol. The number of nitrogen functional groups attached to an aromatic ring is 1. The van der Waals surface area contributed by atoms with E-state index in [-0.39, 0.29) is 5.91 Å². The maximum Gasteiger partial charge on any atom is 0.266 e. The second-order valence-electron chi connectivity index (χ2n) is 6.83. The van der Waals surface area contributed by atoms with E-state index in [2.05, 4.69) is 26.0 Å². The number of amides is 1. The molecule has 24 heavy (non-hydrogen) atoms. The molecule has 1 unspecified atom stereocenters. The molecular formula is C19H21N3OS. The zero-order valence-electron chi connectivity index (χ0n) is 14.0. The molecule has 1 aromatic carbocycles. The Kier molecular flexibility index (Phi) is 3.68. The molecule has 4 rings (SSSR count). The number of likely N-dealkylation sites (tertiary alicyclic amines) is 1. The van der Waals surface area contributed by atoms with Crippen LogP contribution in [-0.2, 0) is 0 Å². The van der Waals surface area contributed by atoms with Crippen molar-refractivity contribution in [1.29, 1.82) is 0 Å². The lowest BCUT2D eigenvalue weighted by Gasteiger charge is -2.30. The molecule has 1 saturated heterocycles. The van der Waals surface area contributed by atoms with E-state index in [4.69, 9.17) is 10.7 Å². The highest BCUT2D eigenvalue weighted by Crippen LogP contribution is 2.36. The summed E-state index contributed by atoms with van der Waals surface area (Å²) in [5, 5.41) is 1.96. The van der Waals surface area contributed by atoms with Crippen LogP contribution in [0.4, 0.5) is 5.69 Å². The SMILES string of the molecule is Cc1cccc2cc3c(N)c(C(=O)N4CCCC(C)C4)sc3nc12. The Morgan fingerprint density at radius 2 is 2.25 bits per heavy atom. The number of thiophene rings is 1. The lowest BCUT2D eigenvalue weighted by Crippen LogP contribution is -2.38.